The van der Waals surface area contributed by atoms with Gasteiger partial charge < -0.3 is 5.32 Å². The van der Waals surface area contributed by atoms with Crippen LogP contribution in [-0.4, -0.2) is 23.3 Å². The van der Waals surface area contributed by atoms with Gasteiger partial charge in [0.05, 0.1) is 5.03 Å². The topological polar surface area (TPSA) is 24.9 Å². The average Bonchev–Trinajstić information content (AvgIpc) is 2.70. The summed E-state index contributed by atoms with van der Waals surface area (Å²) < 4.78 is 0. The van der Waals surface area contributed by atoms with Crippen molar-refractivity contribution in [2.45, 2.75) is 30.8 Å². The van der Waals surface area contributed by atoms with Crippen molar-refractivity contribution in [3.63, 3.8) is 0 Å². The largest absolute Gasteiger partial charge is 0.313 e. The minimum Gasteiger partial charge on any atom is -0.313 e. The van der Waals surface area contributed by atoms with Crippen molar-refractivity contribution in [2.24, 2.45) is 0 Å². The SMILES string of the molecule is Cc1ccc(SC[C@H]2CCCN2)nc1. The fourth-order valence-electron chi connectivity index (χ4n) is 1.62. The van der Waals surface area contributed by atoms with Crippen molar-refractivity contribution < 1.29 is 0 Å². The second-order valence-corrected chi connectivity index (χ2v) is 4.82. The standard InChI is InChI=1S/C11H16N2S/c1-9-4-5-11(13-7-9)14-8-10-3-2-6-12-10/h4-5,7,10,12H,2-3,6,8H2,1H3/t10-/m1/s1. The van der Waals surface area contributed by atoms with Gasteiger partial charge in [0.1, 0.15) is 0 Å². The Labute approximate surface area is 89.5 Å². The van der Waals surface area contributed by atoms with E-state index in [4.69, 9.17) is 0 Å². The van der Waals surface area contributed by atoms with Crippen LogP contribution in [0.2, 0.25) is 0 Å². The first kappa shape index (κ1) is 9.99. The van der Waals surface area contributed by atoms with Crippen molar-refractivity contribution >= 4 is 11.8 Å². The highest BCUT2D eigenvalue weighted by Gasteiger charge is 2.13. The minimum atomic E-state index is 0.697. The first-order valence-corrected chi connectivity index (χ1v) is 6.12. The van der Waals surface area contributed by atoms with E-state index in [1.165, 1.54) is 24.9 Å². The highest BCUT2D eigenvalue weighted by Crippen LogP contribution is 2.19. The number of aromatic nitrogens is 1. The second-order valence-electron chi connectivity index (χ2n) is 3.78. The molecule has 0 aromatic carbocycles. The van der Waals surface area contributed by atoms with Gasteiger partial charge in [-0.15, -0.1) is 11.8 Å². The smallest absolute Gasteiger partial charge is 0.0960 e. The van der Waals surface area contributed by atoms with E-state index in [0.29, 0.717) is 6.04 Å². The number of aryl methyl sites for hydroxylation is 1. The molecule has 0 bridgehead atoms. The van der Waals surface area contributed by atoms with E-state index in [2.05, 4.69) is 29.4 Å². The number of hydrogen-bond acceptors (Lipinski definition) is 3. The molecule has 2 heterocycles. The summed E-state index contributed by atoms with van der Waals surface area (Å²) in [6.07, 6.45) is 4.58. The summed E-state index contributed by atoms with van der Waals surface area (Å²) in [5.41, 5.74) is 1.23. The van der Waals surface area contributed by atoms with E-state index in [1.54, 1.807) is 0 Å². The summed E-state index contributed by atoms with van der Waals surface area (Å²) in [5, 5.41) is 4.63. The van der Waals surface area contributed by atoms with Gasteiger partial charge in [-0.25, -0.2) is 4.98 Å². The zero-order valence-electron chi connectivity index (χ0n) is 8.49. The Morgan fingerprint density at radius 3 is 3.14 bits per heavy atom. The molecule has 76 valence electrons. The molecule has 0 aliphatic carbocycles. The predicted octanol–water partition coefficient (Wildman–Crippen LogP) is 2.23. The maximum Gasteiger partial charge on any atom is 0.0960 e. The molecule has 1 atom stereocenters. The molecule has 2 rings (SSSR count). The number of rotatable bonds is 3. The van der Waals surface area contributed by atoms with Gasteiger partial charge in [0.2, 0.25) is 0 Å². The maximum absolute atomic E-state index is 4.37. The van der Waals surface area contributed by atoms with Crippen LogP contribution in [-0.2, 0) is 0 Å². The molecular weight excluding hydrogens is 192 g/mol. The highest BCUT2D eigenvalue weighted by atomic mass is 32.2. The molecule has 1 saturated heterocycles. The van der Waals surface area contributed by atoms with E-state index in [-0.39, 0.29) is 0 Å². The Kier molecular flexibility index (Phi) is 3.43. The van der Waals surface area contributed by atoms with Crippen LogP contribution in [0.3, 0.4) is 0 Å². The summed E-state index contributed by atoms with van der Waals surface area (Å²) in [5.74, 6) is 1.15. The van der Waals surface area contributed by atoms with Crippen LogP contribution in [0.4, 0.5) is 0 Å². The van der Waals surface area contributed by atoms with Crippen LogP contribution >= 0.6 is 11.8 Å². The molecule has 14 heavy (non-hydrogen) atoms. The molecule has 3 heteroatoms. The van der Waals surface area contributed by atoms with Crippen LogP contribution in [0.25, 0.3) is 0 Å². The summed E-state index contributed by atoms with van der Waals surface area (Å²) in [6, 6.07) is 4.93. The zero-order valence-corrected chi connectivity index (χ0v) is 9.31. The molecule has 0 amide bonds. The van der Waals surface area contributed by atoms with Crippen LogP contribution in [0.15, 0.2) is 23.4 Å². The van der Waals surface area contributed by atoms with Gasteiger partial charge in [0, 0.05) is 18.0 Å². The highest BCUT2D eigenvalue weighted by molar-refractivity contribution is 7.99. The number of pyridine rings is 1. The summed E-state index contributed by atoms with van der Waals surface area (Å²) in [7, 11) is 0. The Morgan fingerprint density at radius 1 is 1.57 bits per heavy atom. The average molecular weight is 208 g/mol. The molecule has 0 unspecified atom stereocenters. The van der Waals surface area contributed by atoms with Crippen molar-refractivity contribution in [3.05, 3.63) is 23.9 Å². The first-order chi connectivity index (χ1) is 6.84. The summed E-state index contributed by atoms with van der Waals surface area (Å²) in [4.78, 5) is 4.37. The molecule has 1 aromatic rings. The number of nitrogens with zero attached hydrogens (tertiary/aromatic N) is 1. The molecular formula is C11H16N2S. The van der Waals surface area contributed by atoms with Gasteiger partial charge in [0.15, 0.2) is 0 Å². The Bertz CT molecular complexity index is 278. The number of hydrogen-bond donors (Lipinski definition) is 1. The van der Waals surface area contributed by atoms with Gasteiger partial charge in [-0.1, -0.05) is 6.07 Å². The van der Waals surface area contributed by atoms with E-state index < -0.39 is 0 Å². The lowest BCUT2D eigenvalue weighted by Crippen LogP contribution is -2.23. The fraction of sp³-hybridized carbons (Fsp3) is 0.545. The molecule has 0 saturated carbocycles. The summed E-state index contributed by atoms with van der Waals surface area (Å²) >= 11 is 1.85. The third-order valence-corrected chi connectivity index (χ3v) is 3.59. The lowest BCUT2D eigenvalue weighted by Gasteiger charge is -2.08. The molecule has 1 fully saturated rings. The number of thioether (sulfide) groups is 1. The molecule has 1 aromatic heterocycles. The second kappa shape index (κ2) is 4.80. The quantitative estimate of drug-likeness (QED) is 0.771. The molecule has 2 nitrogen and oxygen atoms in total. The monoisotopic (exact) mass is 208 g/mol. The van der Waals surface area contributed by atoms with E-state index in [9.17, 15) is 0 Å². The first-order valence-electron chi connectivity index (χ1n) is 5.13. The van der Waals surface area contributed by atoms with Gasteiger partial charge in [-0.3, -0.25) is 0 Å². The lowest BCUT2D eigenvalue weighted by molar-refractivity contribution is 0.673. The lowest BCUT2D eigenvalue weighted by atomic mass is 10.3. The van der Waals surface area contributed by atoms with Gasteiger partial charge >= 0.3 is 0 Å². The van der Waals surface area contributed by atoms with Gasteiger partial charge in [-0.2, -0.15) is 0 Å². The third kappa shape index (κ3) is 2.72. The number of nitrogens with one attached hydrogen (secondary N) is 1. The molecule has 0 radical (unpaired) electrons. The van der Waals surface area contributed by atoms with Crippen LogP contribution in [0.5, 0.6) is 0 Å². The zero-order chi connectivity index (χ0) is 9.80. The van der Waals surface area contributed by atoms with E-state index in [0.717, 1.165) is 10.8 Å². The van der Waals surface area contributed by atoms with Gasteiger partial charge in [0.25, 0.3) is 0 Å². The normalized spacial score (nSPS) is 21.4. The van der Waals surface area contributed by atoms with Crippen molar-refractivity contribution in [1.82, 2.24) is 10.3 Å². The van der Waals surface area contributed by atoms with Crippen molar-refractivity contribution in [2.75, 3.05) is 12.3 Å². The van der Waals surface area contributed by atoms with E-state index >= 15 is 0 Å². The fourth-order valence-corrected chi connectivity index (χ4v) is 2.57. The molecule has 1 aliphatic rings. The molecule has 1 aliphatic heterocycles. The summed E-state index contributed by atoms with van der Waals surface area (Å²) in [6.45, 7) is 3.26. The minimum absolute atomic E-state index is 0.697. The molecule has 1 N–H and O–H groups in total. The Morgan fingerprint density at radius 2 is 2.50 bits per heavy atom. The molecule has 0 spiro atoms. The van der Waals surface area contributed by atoms with Crippen molar-refractivity contribution in [1.29, 1.82) is 0 Å². The van der Waals surface area contributed by atoms with Crippen LogP contribution < -0.4 is 5.32 Å². The maximum atomic E-state index is 4.37. The van der Waals surface area contributed by atoms with Gasteiger partial charge in [-0.05, 0) is 37.9 Å². The van der Waals surface area contributed by atoms with Crippen LogP contribution in [0.1, 0.15) is 18.4 Å². The third-order valence-electron chi connectivity index (χ3n) is 2.48. The van der Waals surface area contributed by atoms with Crippen LogP contribution in [0, 0.1) is 6.92 Å². The van der Waals surface area contributed by atoms with E-state index in [1.807, 2.05) is 18.0 Å². The Balaban J connectivity index is 1.82. The predicted molar refractivity (Wildman–Crippen MR) is 60.7 cm³/mol. The van der Waals surface area contributed by atoms with Crippen molar-refractivity contribution in [3.8, 4) is 0 Å². The Hall–Kier alpha value is -0.540.